The van der Waals surface area contributed by atoms with E-state index >= 15 is 0 Å². The van der Waals surface area contributed by atoms with Gasteiger partial charge in [0, 0.05) is 42.9 Å². The van der Waals surface area contributed by atoms with E-state index < -0.39 is 0 Å². The van der Waals surface area contributed by atoms with Crippen LogP contribution in [0.15, 0.2) is 24.0 Å². The number of rotatable bonds is 7. The molecule has 124 valence electrons. The Kier molecular flexibility index (Phi) is 5.86. The molecule has 2 amide bonds. The molecule has 2 heterocycles. The van der Waals surface area contributed by atoms with Crippen molar-refractivity contribution in [2.45, 2.75) is 39.2 Å². The fraction of sp³-hybridized carbons (Fsp3) is 0.467. The van der Waals surface area contributed by atoms with Gasteiger partial charge in [0.1, 0.15) is 11.9 Å². The number of hydrogen-bond donors (Lipinski definition) is 2. The summed E-state index contributed by atoms with van der Waals surface area (Å²) in [7, 11) is 0. The van der Waals surface area contributed by atoms with Crippen LogP contribution in [-0.4, -0.2) is 32.9 Å². The molecular weight excluding hydrogens is 314 g/mol. The van der Waals surface area contributed by atoms with Crippen LogP contribution >= 0.6 is 11.3 Å². The van der Waals surface area contributed by atoms with Crippen LogP contribution in [0.5, 0.6) is 0 Å². The standard InChI is InChI=1S/C15H21N5O2S/c1-10(2)13-16-6-8-20(13)11(3)14(22)17-5-4-12(21)19-15-18-7-9-23-15/h6-11H,4-5H2,1-3H3,(H,17,22)(H,18,19,21). The molecule has 1 unspecified atom stereocenters. The average Bonchev–Trinajstić information content (AvgIpc) is 3.17. The van der Waals surface area contributed by atoms with Gasteiger partial charge in [-0.15, -0.1) is 11.3 Å². The monoisotopic (exact) mass is 335 g/mol. The van der Waals surface area contributed by atoms with Crippen molar-refractivity contribution in [2.24, 2.45) is 0 Å². The highest BCUT2D eigenvalue weighted by Gasteiger charge is 2.19. The first-order valence-electron chi connectivity index (χ1n) is 7.48. The fourth-order valence-electron chi connectivity index (χ4n) is 2.14. The molecule has 0 radical (unpaired) electrons. The average molecular weight is 335 g/mol. The summed E-state index contributed by atoms with van der Waals surface area (Å²) < 4.78 is 1.86. The van der Waals surface area contributed by atoms with Gasteiger partial charge in [-0.05, 0) is 6.92 Å². The van der Waals surface area contributed by atoms with E-state index in [0.29, 0.717) is 5.13 Å². The molecule has 0 saturated heterocycles. The van der Waals surface area contributed by atoms with Crippen molar-refractivity contribution >= 4 is 28.3 Å². The zero-order valence-corrected chi connectivity index (χ0v) is 14.3. The molecule has 8 heteroatoms. The first kappa shape index (κ1) is 17.1. The molecule has 2 aromatic rings. The zero-order chi connectivity index (χ0) is 16.8. The lowest BCUT2D eigenvalue weighted by Gasteiger charge is -2.17. The molecule has 0 aromatic carbocycles. The molecule has 1 atom stereocenters. The van der Waals surface area contributed by atoms with Crippen LogP contribution in [0, 0.1) is 0 Å². The van der Waals surface area contributed by atoms with Gasteiger partial charge in [0.2, 0.25) is 11.8 Å². The normalized spacial score (nSPS) is 12.2. The molecular formula is C15H21N5O2S. The van der Waals surface area contributed by atoms with Crippen LogP contribution in [0.2, 0.25) is 0 Å². The Labute approximate surface area is 139 Å². The largest absolute Gasteiger partial charge is 0.354 e. The van der Waals surface area contributed by atoms with E-state index in [0.717, 1.165) is 5.82 Å². The summed E-state index contributed by atoms with van der Waals surface area (Å²) in [5.74, 6) is 0.809. The molecule has 2 N–H and O–H groups in total. The van der Waals surface area contributed by atoms with Gasteiger partial charge in [0.15, 0.2) is 5.13 Å². The van der Waals surface area contributed by atoms with Crippen molar-refractivity contribution in [3.05, 3.63) is 29.8 Å². The number of nitrogens with one attached hydrogen (secondary N) is 2. The topological polar surface area (TPSA) is 88.9 Å². The summed E-state index contributed by atoms with van der Waals surface area (Å²) in [6, 6.07) is -0.364. The van der Waals surface area contributed by atoms with Crippen molar-refractivity contribution in [3.8, 4) is 0 Å². The van der Waals surface area contributed by atoms with Crippen molar-refractivity contribution < 1.29 is 9.59 Å². The highest BCUT2D eigenvalue weighted by atomic mass is 32.1. The molecule has 23 heavy (non-hydrogen) atoms. The Morgan fingerprint density at radius 2 is 2.04 bits per heavy atom. The Balaban J connectivity index is 1.80. The van der Waals surface area contributed by atoms with E-state index in [9.17, 15) is 9.59 Å². The van der Waals surface area contributed by atoms with Gasteiger partial charge in [-0.2, -0.15) is 0 Å². The minimum absolute atomic E-state index is 0.132. The van der Waals surface area contributed by atoms with Gasteiger partial charge in [0.05, 0.1) is 0 Å². The number of hydrogen-bond acceptors (Lipinski definition) is 5. The second kappa shape index (κ2) is 7.87. The maximum atomic E-state index is 12.2. The molecule has 0 aliphatic rings. The maximum Gasteiger partial charge on any atom is 0.242 e. The minimum atomic E-state index is -0.364. The number of nitrogens with zero attached hydrogens (tertiary/aromatic N) is 3. The lowest BCUT2D eigenvalue weighted by atomic mass is 10.2. The van der Waals surface area contributed by atoms with Crippen LogP contribution in [0.25, 0.3) is 0 Å². The van der Waals surface area contributed by atoms with Crippen molar-refractivity contribution in [1.82, 2.24) is 19.9 Å². The summed E-state index contributed by atoms with van der Waals surface area (Å²) in [6.45, 7) is 6.17. The lowest BCUT2D eigenvalue weighted by molar-refractivity contribution is -0.124. The Morgan fingerprint density at radius 1 is 1.26 bits per heavy atom. The number of carbonyl (C=O) groups excluding carboxylic acids is 2. The van der Waals surface area contributed by atoms with Gasteiger partial charge in [-0.25, -0.2) is 9.97 Å². The molecule has 7 nitrogen and oxygen atoms in total. The third kappa shape index (κ3) is 4.62. The first-order valence-corrected chi connectivity index (χ1v) is 8.36. The third-order valence-corrected chi connectivity index (χ3v) is 4.03. The van der Waals surface area contributed by atoms with Gasteiger partial charge < -0.3 is 15.2 Å². The van der Waals surface area contributed by atoms with Crippen molar-refractivity contribution in [3.63, 3.8) is 0 Å². The van der Waals surface area contributed by atoms with E-state index in [1.54, 1.807) is 24.0 Å². The number of carbonyl (C=O) groups is 2. The van der Waals surface area contributed by atoms with Gasteiger partial charge >= 0.3 is 0 Å². The summed E-state index contributed by atoms with van der Waals surface area (Å²) in [6.07, 6.45) is 5.33. The van der Waals surface area contributed by atoms with E-state index in [-0.39, 0.29) is 36.7 Å². The summed E-state index contributed by atoms with van der Waals surface area (Å²) >= 11 is 1.36. The highest BCUT2D eigenvalue weighted by molar-refractivity contribution is 7.13. The number of anilines is 1. The van der Waals surface area contributed by atoms with Gasteiger partial charge in [0.25, 0.3) is 0 Å². The van der Waals surface area contributed by atoms with Gasteiger partial charge in [-0.3, -0.25) is 9.59 Å². The quantitative estimate of drug-likeness (QED) is 0.811. The molecule has 2 aromatic heterocycles. The number of imidazole rings is 1. The van der Waals surface area contributed by atoms with Crippen LogP contribution < -0.4 is 10.6 Å². The smallest absolute Gasteiger partial charge is 0.242 e. The molecule has 2 rings (SSSR count). The van der Waals surface area contributed by atoms with Crippen molar-refractivity contribution in [2.75, 3.05) is 11.9 Å². The second-order valence-electron chi connectivity index (χ2n) is 5.45. The molecule has 0 fully saturated rings. The summed E-state index contributed by atoms with van der Waals surface area (Å²) in [4.78, 5) is 32.2. The summed E-state index contributed by atoms with van der Waals surface area (Å²) in [5, 5.41) is 7.81. The third-order valence-electron chi connectivity index (χ3n) is 3.34. The molecule has 0 saturated carbocycles. The molecule has 0 aliphatic heterocycles. The predicted octanol–water partition coefficient (Wildman–Crippen LogP) is 2.17. The van der Waals surface area contributed by atoms with E-state index in [4.69, 9.17) is 0 Å². The number of aromatic nitrogens is 3. The first-order chi connectivity index (χ1) is 11.0. The second-order valence-corrected chi connectivity index (χ2v) is 6.34. The van der Waals surface area contributed by atoms with E-state index in [1.807, 2.05) is 25.3 Å². The van der Waals surface area contributed by atoms with Crippen LogP contribution in [0.3, 0.4) is 0 Å². The molecule has 0 aliphatic carbocycles. The maximum absolute atomic E-state index is 12.2. The van der Waals surface area contributed by atoms with Crippen LogP contribution in [0.1, 0.15) is 45.0 Å². The minimum Gasteiger partial charge on any atom is -0.354 e. The Morgan fingerprint density at radius 3 is 2.70 bits per heavy atom. The van der Waals surface area contributed by atoms with Crippen molar-refractivity contribution in [1.29, 1.82) is 0 Å². The Bertz CT molecular complexity index is 651. The fourth-order valence-corrected chi connectivity index (χ4v) is 2.68. The number of thiazole rings is 1. The van der Waals surface area contributed by atoms with E-state index in [2.05, 4.69) is 20.6 Å². The highest BCUT2D eigenvalue weighted by Crippen LogP contribution is 2.17. The van der Waals surface area contributed by atoms with Gasteiger partial charge in [-0.1, -0.05) is 13.8 Å². The Hall–Kier alpha value is -2.22. The number of amides is 2. The predicted molar refractivity (Wildman–Crippen MR) is 89.4 cm³/mol. The molecule has 0 bridgehead atoms. The van der Waals surface area contributed by atoms with Crippen LogP contribution in [-0.2, 0) is 9.59 Å². The lowest BCUT2D eigenvalue weighted by Crippen LogP contribution is -2.33. The zero-order valence-electron chi connectivity index (χ0n) is 13.4. The molecule has 0 spiro atoms. The van der Waals surface area contributed by atoms with Crippen LogP contribution in [0.4, 0.5) is 5.13 Å². The SMILES string of the molecule is CC(C)c1nccn1C(C)C(=O)NCCC(=O)Nc1nccs1. The van der Waals surface area contributed by atoms with E-state index in [1.165, 1.54) is 11.3 Å². The summed E-state index contributed by atoms with van der Waals surface area (Å²) in [5.41, 5.74) is 0.